The van der Waals surface area contributed by atoms with Gasteiger partial charge in [0.15, 0.2) is 5.83 Å². The highest BCUT2D eigenvalue weighted by Gasteiger charge is 1.97. The van der Waals surface area contributed by atoms with E-state index >= 15 is 0 Å². The molecule has 0 aliphatic rings. The number of allylic oxidation sites excluding steroid dienone is 7. The van der Waals surface area contributed by atoms with Gasteiger partial charge in [-0.25, -0.2) is 9.38 Å². The second-order valence-electron chi connectivity index (χ2n) is 4.15. The summed E-state index contributed by atoms with van der Waals surface area (Å²) in [5, 5.41) is 0. The van der Waals surface area contributed by atoms with Gasteiger partial charge in [0.2, 0.25) is 5.88 Å². The first-order valence-corrected chi connectivity index (χ1v) is 7.04. The molecule has 0 fully saturated rings. The summed E-state index contributed by atoms with van der Waals surface area (Å²) in [4.78, 5) is 3.91. The number of ether oxygens (including phenoxy) is 1. The van der Waals surface area contributed by atoms with E-state index in [-0.39, 0.29) is 5.70 Å². The summed E-state index contributed by atoms with van der Waals surface area (Å²) in [7, 11) is 0. The van der Waals surface area contributed by atoms with Crippen molar-refractivity contribution < 1.29 is 9.13 Å². The minimum atomic E-state index is -0.530. The fourth-order valence-corrected chi connectivity index (χ4v) is 1.28. The Morgan fingerprint density at radius 3 is 2.57 bits per heavy atom. The molecule has 21 heavy (non-hydrogen) atoms. The van der Waals surface area contributed by atoms with Gasteiger partial charge in [-0.05, 0) is 37.5 Å². The molecule has 0 radical (unpaired) electrons. The van der Waals surface area contributed by atoms with Crippen LogP contribution in [0, 0.1) is 0 Å². The molecule has 0 spiro atoms. The van der Waals surface area contributed by atoms with E-state index in [1.165, 1.54) is 0 Å². The van der Waals surface area contributed by atoms with Crippen molar-refractivity contribution in [3.63, 3.8) is 0 Å². The molecule has 0 aromatic rings. The van der Waals surface area contributed by atoms with Gasteiger partial charge in [0, 0.05) is 5.70 Å². The van der Waals surface area contributed by atoms with Crippen LogP contribution in [0.3, 0.4) is 0 Å². The average Bonchev–Trinajstić information content (AvgIpc) is 2.52. The SMILES string of the molecule is C=C/C(=C\C=C\COC(=C\C)/N=C\C(F)=C(\N)CC)CC. The van der Waals surface area contributed by atoms with Crippen LogP contribution in [0.25, 0.3) is 0 Å². The second-order valence-corrected chi connectivity index (χ2v) is 4.15. The zero-order chi connectivity index (χ0) is 16.1. The van der Waals surface area contributed by atoms with Crippen molar-refractivity contribution in [2.24, 2.45) is 10.7 Å². The van der Waals surface area contributed by atoms with Gasteiger partial charge in [0.1, 0.15) is 6.61 Å². The third kappa shape index (κ3) is 8.63. The third-order valence-electron chi connectivity index (χ3n) is 2.68. The second kappa shape index (κ2) is 11.7. The first-order chi connectivity index (χ1) is 10.1. The summed E-state index contributed by atoms with van der Waals surface area (Å²) in [6.07, 6.45) is 11.7. The molecule has 0 rings (SSSR count). The van der Waals surface area contributed by atoms with Crippen LogP contribution >= 0.6 is 0 Å². The van der Waals surface area contributed by atoms with E-state index in [0.29, 0.717) is 18.9 Å². The van der Waals surface area contributed by atoms with Crippen LogP contribution in [-0.2, 0) is 4.74 Å². The van der Waals surface area contributed by atoms with Gasteiger partial charge >= 0.3 is 0 Å². The fraction of sp³-hybridized carbons (Fsp3) is 0.353. The summed E-state index contributed by atoms with van der Waals surface area (Å²) in [6, 6.07) is 0. The molecule has 0 unspecified atom stereocenters. The summed E-state index contributed by atoms with van der Waals surface area (Å²) in [6.45, 7) is 9.70. The van der Waals surface area contributed by atoms with E-state index in [1.54, 1.807) is 19.9 Å². The molecule has 0 aliphatic heterocycles. The predicted molar refractivity (Wildman–Crippen MR) is 88.5 cm³/mol. The molecule has 0 bridgehead atoms. The molecular formula is C17H25FN2O. The Morgan fingerprint density at radius 1 is 1.33 bits per heavy atom. The summed E-state index contributed by atoms with van der Waals surface area (Å²) in [5.41, 5.74) is 6.79. The number of hydrogen-bond donors (Lipinski definition) is 1. The standard InChI is InChI=1S/C17H25FN2O/c1-5-14(6-2)11-9-10-12-21-17(8-4)20-13-15(18)16(19)7-3/h5,8-11,13H,1,6-7,12,19H2,2-4H3/b10-9+,14-11+,16-15-,17-8-,20-13-. The monoisotopic (exact) mass is 292 g/mol. The van der Waals surface area contributed by atoms with Crippen LogP contribution in [-0.4, -0.2) is 12.8 Å². The highest BCUT2D eigenvalue weighted by atomic mass is 19.1. The number of nitrogens with two attached hydrogens (primary N) is 1. The van der Waals surface area contributed by atoms with Gasteiger partial charge in [-0.1, -0.05) is 38.7 Å². The van der Waals surface area contributed by atoms with E-state index in [4.69, 9.17) is 10.5 Å². The van der Waals surface area contributed by atoms with E-state index in [9.17, 15) is 4.39 Å². The minimum Gasteiger partial charge on any atom is -0.474 e. The average molecular weight is 292 g/mol. The Morgan fingerprint density at radius 2 is 2.05 bits per heavy atom. The lowest BCUT2D eigenvalue weighted by molar-refractivity contribution is 0.245. The van der Waals surface area contributed by atoms with Crippen LogP contribution in [0.4, 0.5) is 4.39 Å². The summed E-state index contributed by atoms with van der Waals surface area (Å²) >= 11 is 0. The number of rotatable bonds is 9. The van der Waals surface area contributed by atoms with Gasteiger partial charge < -0.3 is 10.5 Å². The number of nitrogens with zero attached hydrogens (tertiary/aromatic N) is 1. The lowest BCUT2D eigenvalue weighted by atomic mass is 10.2. The van der Waals surface area contributed by atoms with Crippen molar-refractivity contribution in [2.75, 3.05) is 6.61 Å². The molecule has 0 amide bonds. The van der Waals surface area contributed by atoms with E-state index in [1.807, 2.05) is 24.3 Å². The van der Waals surface area contributed by atoms with Crippen molar-refractivity contribution in [2.45, 2.75) is 33.6 Å². The maximum absolute atomic E-state index is 13.4. The smallest absolute Gasteiger partial charge is 0.209 e. The van der Waals surface area contributed by atoms with Gasteiger partial charge in [0.05, 0.1) is 6.21 Å². The van der Waals surface area contributed by atoms with Crippen molar-refractivity contribution >= 4 is 6.21 Å². The molecule has 2 N–H and O–H groups in total. The highest BCUT2D eigenvalue weighted by Crippen LogP contribution is 2.05. The Labute approximate surface area is 127 Å². The first kappa shape index (κ1) is 18.9. The Hall–Kier alpha value is -2.10. The van der Waals surface area contributed by atoms with E-state index in [0.717, 1.165) is 18.2 Å². The molecule has 0 saturated carbocycles. The molecule has 0 saturated heterocycles. The van der Waals surface area contributed by atoms with Crippen molar-refractivity contribution in [1.82, 2.24) is 0 Å². The number of halogens is 1. The quantitative estimate of drug-likeness (QED) is 0.384. The van der Waals surface area contributed by atoms with Crippen LogP contribution in [0.15, 0.2) is 64.9 Å². The maximum atomic E-state index is 13.4. The summed E-state index contributed by atoms with van der Waals surface area (Å²) < 4.78 is 18.8. The van der Waals surface area contributed by atoms with E-state index < -0.39 is 5.83 Å². The van der Waals surface area contributed by atoms with Gasteiger partial charge in [-0.15, -0.1) is 0 Å². The van der Waals surface area contributed by atoms with Crippen LogP contribution in [0.5, 0.6) is 0 Å². The summed E-state index contributed by atoms with van der Waals surface area (Å²) in [5.74, 6) is -0.181. The molecule has 4 heteroatoms. The minimum absolute atomic E-state index is 0.177. The molecular weight excluding hydrogens is 267 g/mol. The third-order valence-corrected chi connectivity index (χ3v) is 2.68. The first-order valence-electron chi connectivity index (χ1n) is 7.04. The zero-order valence-electron chi connectivity index (χ0n) is 13.1. The lowest BCUT2D eigenvalue weighted by Crippen LogP contribution is -1.99. The maximum Gasteiger partial charge on any atom is 0.209 e. The van der Waals surface area contributed by atoms with Crippen molar-refractivity contribution in [1.29, 1.82) is 0 Å². The highest BCUT2D eigenvalue weighted by molar-refractivity contribution is 5.77. The van der Waals surface area contributed by atoms with Gasteiger partial charge in [0.25, 0.3) is 0 Å². The van der Waals surface area contributed by atoms with E-state index in [2.05, 4.69) is 18.5 Å². The van der Waals surface area contributed by atoms with Crippen LogP contribution in [0.1, 0.15) is 33.6 Å². The molecule has 0 atom stereocenters. The zero-order valence-corrected chi connectivity index (χ0v) is 13.1. The van der Waals surface area contributed by atoms with Crippen molar-refractivity contribution in [3.05, 3.63) is 59.9 Å². The molecule has 0 aliphatic carbocycles. The lowest BCUT2D eigenvalue weighted by Gasteiger charge is -2.02. The largest absolute Gasteiger partial charge is 0.474 e. The Bertz CT molecular complexity index is 471. The molecule has 3 nitrogen and oxygen atoms in total. The van der Waals surface area contributed by atoms with Gasteiger partial charge in [-0.2, -0.15) is 0 Å². The normalized spacial score (nSPS) is 14.7. The molecule has 0 aromatic heterocycles. The van der Waals surface area contributed by atoms with Crippen molar-refractivity contribution in [3.8, 4) is 0 Å². The van der Waals surface area contributed by atoms with Crippen LogP contribution in [0.2, 0.25) is 0 Å². The molecule has 0 heterocycles. The molecule has 0 aromatic carbocycles. The van der Waals surface area contributed by atoms with Gasteiger partial charge in [-0.3, -0.25) is 0 Å². The van der Waals surface area contributed by atoms with Crippen LogP contribution < -0.4 is 5.73 Å². The number of aliphatic imine (C=N–C) groups is 1. The Kier molecular flexibility index (Phi) is 10.5. The molecule has 116 valence electrons. The predicted octanol–water partition coefficient (Wildman–Crippen LogP) is 4.56. The fourth-order valence-electron chi connectivity index (χ4n) is 1.28. The Balaban J connectivity index is 4.43. The number of hydrogen-bond acceptors (Lipinski definition) is 3. The topological polar surface area (TPSA) is 47.6 Å².